The second-order valence-corrected chi connectivity index (χ2v) is 11.9. The lowest BCUT2D eigenvalue weighted by Gasteiger charge is -2.18. The average Bonchev–Trinajstić information content (AvgIpc) is 2.68. The van der Waals surface area contributed by atoms with Crippen molar-refractivity contribution in [3.63, 3.8) is 0 Å². The highest BCUT2D eigenvalue weighted by atomic mass is 31.1. The lowest BCUT2D eigenvalue weighted by Crippen LogP contribution is -2.06. The minimum absolute atomic E-state index is 0.168. The SMILES string of the molecule is FC(F)(F)CCCCCCCP(CCCCCCCC(F)(F)F)CCCCCCCC(F)(F)F. The van der Waals surface area contributed by atoms with E-state index in [0.717, 1.165) is 76.3 Å². The monoisotopic (exact) mass is 532 g/mol. The van der Waals surface area contributed by atoms with Gasteiger partial charge in [0.05, 0.1) is 0 Å². The summed E-state index contributed by atoms with van der Waals surface area (Å²) in [4.78, 5) is 0. The van der Waals surface area contributed by atoms with Gasteiger partial charge >= 0.3 is 18.5 Å². The van der Waals surface area contributed by atoms with E-state index in [4.69, 9.17) is 0 Å². The highest BCUT2D eigenvalue weighted by Gasteiger charge is 2.27. The molecule has 0 saturated heterocycles. The van der Waals surface area contributed by atoms with Gasteiger partial charge in [-0.15, -0.1) is 7.92 Å². The van der Waals surface area contributed by atoms with Crippen molar-refractivity contribution in [3.8, 4) is 0 Å². The summed E-state index contributed by atoms with van der Waals surface area (Å²) in [5.41, 5.74) is 0. The van der Waals surface area contributed by atoms with Gasteiger partial charge in [0.2, 0.25) is 0 Å². The minimum atomic E-state index is -4.09. The first-order valence-corrected chi connectivity index (χ1v) is 14.6. The van der Waals surface area contributed by atoms with Crippen molar-refractivity contribution in [2.75, 3.05) is 18.5 Å². The molecule has 0 nitrogen and oxygen atoms in total. The van der Waals surface area contributed by atoms with E-state index in [2.05, 4.69) is 0 Å². The molecular formula is C24H42F9P. The maximum Gasteiger partial charge on any atom is 0.389 e. The Morgan fingerprint density at radius 1 is 0.294 bits per heavy atom. The van der Waals surface area contributed by atoms with Crippen LogP contribution in [0.5, 0.6) is 0 Å². The number of hydrogen-bond donors (Lipinski definition) is 0. The normalized spacial score (nSPS) is 13.2. The number of hydrogen-bond acceptors (Lipinski definition) is 0. The summed E-state index contributed by atoms with van der Waals surface area (Å²) in [6.07, 6.45) is -1.03. The molecule has 0 aromatic carbocycles. The van der Waals surface area contributed by atoms with E-state index in [1.165, 1.54) is 0 Å². The molecule has 0 heterocycles. The van der Waals surface area contributed by atoms with Gasteiger partial charge in [-0.25, -0.2) is 0 Å². The molecule has 0 atom stereocenters. The Kier molecular flexibility index (Phi) is 18.9. The fourth-order valence-electron chi connectivity index (χ4n) is 3.91. The number of unbranched alkanes of at least 4 members (excludes halogenated alkanes) is 12. The molecule has 0 bridgehead atoms. The molecule has 0 aliphatic heterocycles. The Balaban J connectivity index is 4.04. The van der Waals surface area contributed by atoms with Crippen molar-refractivity contribution in [1.82, 2.24) is 0 Å². The van der Waals surface area contributed by atoms with Crippen molar-refractivity contribution in [2.24, 2.45) is 0 Å². The van der Waals surface area contributed by atoms with E-state index in [0.29, 0.717) is 19.3 Å². The minimum Gasteiger partial charge on any atom is -0.171 e. The standard InChI is InChI=1S/C24H42F9P/c25-22(26,27)16-10-4-1-7-13-19-34(20-14-8-2-5-11-17-23(28,29)30)21-15-9-3-6-12-18-24(31,32)33/h1-21H2. The molecule has 0 amide bonds. The van der Waals surface area contributed by atoms with Crippen LogP contribution in [0.3, 0.4) is 0 Å². The van der Waals surface area contributed by atoms with E-state index in [-0.39, 0.29) is 27.2 Å². The van der Waals surface area contributed by atoms with Crippen LogP contribution in [0.1, 0.15) is 116 Å². The van der Waals surface area contributed by atoms with E-state index >= 15 is 0 Å². The lowest BCUT2D eigenvalue weighted by molar-refractivity contribution is -0.136. The summed E-state index contributed by atoms with van der Waals surface area (Å²) in [5.74, 6) is 0. The van der Waals surface area contributed by atoms with Crippen LogP contribution in [0, 0.1) is 0 Å². The summed E-state index contributed by atoms with van der Waals surface area (Å²) in [5, 5.41) is 0. The van der Waals surface area contributed by atoms with E-state index in [9.17, 15) is 39.5 Å². The highest BCUT2D eigenvalue weighted by Crippen LogP contribution is 2.39. The molecular weight excluding hydrogens is 490 g/mol. The Labute approximate surface area is 200 Å². The first-order chi connectivity index (χ1) is 15.8. The van der Waals surface area contributed by atoms with Crippen LogP contribution in [0.25, 0.3) is 0 Å². The van der Waals surface area contributed by atoms with Gasteiger partial charge in [0, 0.05) is 19.3 Å². The molecule has 0 rings (SSSR count). The van der Waals surface area contributed by atoms with Gasteiger partial charge in [-0.2, -0.15) is 39.5 Å². The second-order valence-electron chi connectivity index (χ2n) is 9.24. The largest absolute Gasteiger partial charge is 0.389 e. The molecule has 0 aromatic rings. The fourth-order valence-corrected chi connectivity index (χ4v) is 6.59. The molecule has 0 unspecified atom stereocenters. The summed E-state index contributed by atoms with van der Waals surface area (Å²) in [6, 6.07) is 0. The zero-order chi connectivity index (χ0) is 25.9. The third-order valence-corrected chi connectivity index (χ3v) is 8.65. The van der Waals surface area contributed by atoms with Gasteiger partial charge in [-0.05, 0) is 57.0 Å². The molecule has 0 N–H and O–H groups in total. The molecule has 10 heteroatoms. The van der Waals surface area contributed by atoms with Crippen LogP contribution in [-0.2, 0) is 0 Å². The molecule has 0 radical (unpaired) electrons. The summed E-state index contributed by atoms with van der Waals surface area (Å²) >= 11 is 0. The number of halogens is 9. The summed E-state index contributed by atoms with van der Waals surface area (Å²) < 4.78 is 110. The van der Waals surface area contributed by atoms with Gasteiger partial charge in [0.15, 0.2) is 0 Å². The Morgan fingerprint density at radius 3 is 0.735 bits per heavy atom. The summed E-state index contributed by atoms with van der Waals surface area (Å²) in [6.45, 7) is 0. The third-order valence-electron chi connectivity index (χ3n) is 5.80. The van der Waals surface area contributed by atoms with Crippen molar-refractivity contribution in [2.45, 2.75) is 134 Å². The molecule has 206 valence electrons. The van der Waals surface area contributed by atoms with Crippen LogP contribution in [0.2, 0.25) is 0 Å². The average molecular weight is 533 g/mol. The van der Waals surface area contributed by atoms with Crippen molar-refractivity contribution < 1.29 is 39.5 Å². The van der Waals surface area contributed by atoms with E-state index in [1.807, 2.05) is 0 Å². The molecule has 0 aliphatic carbocycles. The van der Waals surface area contributed by atoms with Crippen LogP contribution < -0.4 is 0 Å². The van der Waals surface area contributed by atoms with Gasteiger partial charge in [-0.1, -0.05) is 57.8 Å². The predicted octanol–water partition coefficient (Wildman–Crippen LogP) is 11.2. The maximum atomic E-state index is 12.2. The van der Waals surface area contributed by atoms with Crippen molar-refractivity contribution in [3.05, 3.63) is 0 Å². The molecule has 0 aromatic heterocycles. The number of rotatable bonds is 21. The molecule has 0 saturated carbocycles. The highest BCUT2D eigenvalue weighted by molar-refractivity contribution is 7.57. The van der Waals surface area contributed by atoms with Crippen molar-refractivity contribution >= 4 is 7.92 Å². The Bertz CT molecular complexity index is 392. The zero-order valence-corrected chi connectivity index (χ0v) is 21.1. The van der Waals surface area contributed by atoms with Crippen LogP contribution in [-0.4, -0.2) is 37.0 Å². The molecule has 0 aliphatic rings. The molecule has 34 heavy (non-hydrogen) atoms. The quantitative estimate of drug-likeness (QED) is 0.0784. The maximum absolute atomic E-state index is 12.2. The lowest BCUT2D eigenvalue weighted by atomic mass is 10.1. The van der Waals surface area contributed by atoms with E-state index < -0.39 is 37.8 Å². The summed E-state index contributed by atoms with van der Waals surface area (Å²) in [7, 11) is -0.230. The van der Waals surface area contributed by atoms with Crippen molar-refractivity contribution in [1.29, 1.82) is 0 Å². The van der Waals surface area contributed by atoms with Crippen LogP contribution in [0.4, 0.5) is 39.5 Å². The second kappa shape index (κ2) is 19.0. The zero-order valence-electron chi connectivity index (χ0n) is 20.2. The predicted molar refractivity (Wildman–Crippen MR) is 123 cm³/mol. The molecule has 0 spiro atoms. The van der Waals surface area contributed by atoms with E-state index in [1.54, 1.807) is 0 Å². The Hall–Kier alpha value is -0.200. The third kappa shape index (κ3) is 28.0. The number of alkyl halides is 9. The topological polar surface area (TPSA) is 0 Å². The fraction of sp³-hybridized carbons (Fsp3) is 1.00. The van der Waals surface area contributed by atoms with Gasteiger partial charge in [0.25, 0.3) is 0 Å². The Morgan fingerprint density at radius 2 is 0.500 bits per heavy atom. The first kappa shape index (κ1) is 33.8. The van der Waals surface area contributed by atoms with Crippen LogP contribution >= 0.6 is 7.92 Å². The van der Waals surface area contributed by atoms with Crippen LogP contribution in [0.15, 0.2) is 0 Å². The smallest absolute Gasteiger partial charge is 0.171 e. The molecule has 0 fully saturated rings. The van der Waals surface area contributed by atoms with Gasteiger partial charge in [-0.3, -0.25) is 0 Å². The first-order valence-electron chi connectivity index (χ1n) is 12.7. The van der Waals surface area contributed by atoms with Gasteiger partial charge < -0.3 is 0 Å². The van der Waals surface area contributed by atoms with Gasteiger partial charge in [0.1, 0.15) is 0 Å².